The molecule has 9 heteroatoms. The van der Waals surface area contributed by atoms with Crippen molar-refractivity contribution in [2.24, 2.45) is 5.92 Å². The summed E-state index contributed by atoms with van der Waals surface area (Å²) in [5.41, 5.74) is -0.577. The maximum atomic E-state index is 13.4. The quantitative estimate of drug-likeness (QED) is 0.624. The van der Waals surface area contributed by atoms with Crippen molar-refractivity contribution in [3.63, 3.8) is 0 Å². The third-order valence-electron chi connectivity index (χ3n) is 4.18. The van der Waals surface area contributed by atoms with E-state index in [2.05, 4.69) is 9.62 Å². The van der Waals surface area contributed by atoms with Gasteiger partial charge in [-0.2, -0.15) is 0 Å². The minimum absolute atomic E-state index is 0.249. The number of hydrogen-bond donors (Lipinski definition) is 1. The zero-order valence-electron chi connectivity index (χ0n) is 12.4. The van der Waals surface area contributed by atoms with E-state index in [4.69, 9.17) is 0 Å². The van der Waals surface area contributed by atoms with Crippen LogP contribution in [0.15, 0.2) is 23.1 Å². The molecular formula is C14H18FN3O4S. The molecule has 1 aromatic carbocycles. The van der Waals surface area contributed by atoms with Crippen molar-refractivity contribution < 1.29 is 17.7 Å². The number of nitrogens with one attached hydrogen (secondary N) is 1. The summed E-state index contributed by atoms with van der Waals surface area (Å²) in [5, 5.41) is 10.7. The minimum Gasteiger partial charge on any atom is -0.301 e. The van der Waals surface area contributed by atoms with Crippen molar-refractivity contribution in [1.82, 2.24) is 9.62 Å². The molecule has 2 aliphatic rings. The third kappa shape index (κ3) is 4.04. The average Bonchev–Trinajstić information content (AvgIpc) is 3.17. The van der Waals surface area contributed by atoms with Crippen LogP contribution in [0.1, 0.15) is 19.3 Å². The topological polar surface area (TPSA) is 92.5 Å². The number of hydrogen-bond acceptors (Lipinski definition) is 5. The van der Waals surface area contributed by atoms with Gasteiger partial charge in [0.15, 0.2) is 0 Å². The largest absolute Gasteiger partial charge is 0.301 e. The van der Waals surface area contributed by atoms with Crippen molar-refractivity contribution in [2.45, 2.75) is 30.2 Å². The van der Waals surface area contributed by atoms with Gasteiger partial charge in [0.1, 0.15) is 5.82 Å². The molecule has 23 heavy (non-hydrogen) atoms. The van der Waals surface area contributed by atoms with Crippen molar-refractivity contribution in [1.29, 1.82) is 0 Å². The summed E-state index contributed by atoms with van der Waals surface area (Å²) < 4.78 is 40.6. The van der Waals surface area contributed by atoms with Gasteiger partial charge in [-0.15, -0.1) is 0 Å². The molecule has 7 nitrogen and oxygen atoms in total. The molecule has 1 saturated heterocycles. The Kier molecular flexibility index (Phi) is 4.35. The number of nitro benzene ring substituents is 1. The number of halogens is 1. The molecule has 1 saturated carbocycles. The molecule has 1 heterocycles. The van der Waals surface area contributed by atoms with Gasteiger partial charge in [-0.05, 0) is 37.8 Å². The molecule has 3 rings (SSSR count). The van der Waals surface area contributed by atoms with Crippen molar-refractivity contribution in [3.8, 4) is 0 Å². The maximum absolute atomic E-state index is 13.4. The third-order valence-corrected chi connectivity index (χ3v) is 5.68. The highest BCUT2D eigenvalue weighted by atomic mass is 32.2. The van der Waals surface area contributed by atoms with Crippen LogP contribution >= 0.6 is 0 Å². The average molecular weight is 343 g/mol. The Hall–Kier alpha value is -1.58. The fourth-order valence-corrected chi connectivity index (χ4v) is 4.17. The first kappa shape index (κ1) is 16.3. The lowest BCUT2D eigenvalue weighted by atomic mass is 10.3. The van der Waals surface area contributed by atoms with Crippen molar-refractivity contribution in [3.05, 3.63) is 34.1 Å². The van der Waals surface area contributed by atoms with Crippen LogP contribution in [0, 0.1) is 21.8 Å². The van der Waals surface area contributed by atoms with Gasteiger partial charge in [-0.1, -0.05) is 0 Å². The Bertz CT molecular complexity index is 721. The number of benzene rings is 1. The van der Waals surface area contributed by atoms with E-state index < -0.39 is 31.3 Å². The zero-order valence-corrected chi connectivity index (χ0v) is 13.3. The minimum atomic E-state index is -3.98. The molecule has 1 aliphatic heterocycles. The van der Waals surface area contributed by atoms with Crippen LogP contribution in [0.2, 0.25) is 0 Å². The number of sulfonamides is 1. The summed E-state index contributed by atoms with van der Waals surface area (Å²) in [6.07, 6.45) is 3.16. The summed E-state index contributed by atoms with van der Waals surface area (Å²) in [6.45, 7) is 2.43. The summed E-state index contributed by atoms with van der Waals surface area (Å²) in [6, 6.07) is 2.13. The molecule has 2 fully saturated rings. The van der Waals surface area contributed by atoms with Gasteiger partial charge in [-0.3, -0.25) is 10.1 Å². The van der Waals surface area contributed by atoms with E-state index in [0.29, 0.717) is 19.0 Å². The Morgan fingerprint density at radius 3 is 2.70 bits per heavy atom. The highest BCUT2D eigenvalue weighted by molar-refractivity contribution is 7.89. The van der Waals surface area contributed by atoms with E-state index in [1.807, 2.05) is 0 Å². The summed E-state index contributed by atoms with van der Waals surface area (Å²) >= 11 is 0. The number of rotatable bonds is 6. The first-order valence-corrected chi connectivity index (χ1v) is 9.01. The smallest absolute Gasteiger partial charge is 0.273 e. The van der Waals surface area contributed by atoms with E-state index in [9.17, 15) is 22.9 Å². The predicted molar refractivity (Wildman–Crippen MR) is 80.9 cm³/mol. The lowest BCUT2D eigenvalue weighted by Crippen LogP contribution is -2.37. The van der Waals surface area contributed by atoms with E-state index in [-0.39, 0.29) is 6.04 Å². The van der Waals surface area contributed by atoms with Gasteiger partial charge in [0, 0.05) is 25.2 Å². The van der Waals surface area contributed by atoms with Crippen LogP contribution in [0.4, 0.5) is 10.1 Å². The molecule has 126 valence electrons. The summed E-state index contributed by atoms with van der Waals surface area (Å²) in [7, 11) is -3.98. The molecule has 0 unspecified atom stereocenters. The van der Waals surface area contributed by atoms with Crippen LogP contribution in [-0.4, -0.2) is 43.9 Å². The standard InChI is InChI=1S/C14H18FN3O4S/c15-11-5-13(18(19)20)7-14(6-11)23(21,22)16-12-3-4-17(9-12)8-10-1-2-10/h5-7,10,12,16H,1-4,8-9H2/t12-/m1/s1. The van der Waals surface area contributed by atoms with Crippen LogP contribution in [0.5, 0.6) is 0 Å². The van der Waals surface area contributed by atoms with Crippen molar-refractivity contribution in [2.75, 3.05) is 19.6 Å². The van der Waals surface area contributed by atoms with Crippen LogP contribution in [0.25, 0.3) is 0 Å². The van der Waals surface area contributed by atoms with Gasteiger partial charge < -0.3 is 4.90 Å². The molecule has 0 aromatic heterocycles. The first-order valence-electron chi connectivity index (χ1n) is 7.53. The second-order valence-electron chi connectivity index (χ2n) is 6.21. The van der Waals surface area contributed by atoms with Gasteiger partial charge in [0.2, 0.25) is 10.0 Å². The van der Waals surface area contributed by atoms with Crippen LogP contribution < -0.4 is 4.72 Å². The molecule has 1 atom stereocenters. The van der Waals surface area contributed by atoms with Gasteiger partial charge >= 0.3 is 0 Å². The molecule has 1 aromatic rings. The Morgan fingerprint density at radius 1 is 1.30 bits per heavy atom. The van der Waals surface area contributed by atoms with Crippen LogP contribution in [-0.2, 0) is 10.0 Å². The van der Waals surface area contributed by atoms with E-state index in [0.717, 1.165) is 31.1 Å². The molecular weight excluding hydrogens is 325 g/mol. The fraction of sp³-hybridized carbons (Fsp3) is 0.571. The van der Waals surface area contributed by atoms with E-state index >= 15 is 0 Å². The molecule has 0 radical (unpaired) electrons. The highest BCUT2D eigenvalue weighted by Crippen LogP contribution is 2.31. The van der Waals surface area contributed by atoms with E-state index in [1.165, 1.54) is 12.8 Å². The fourth-order valence-electron chi connectivity index (χ4n) is 2.86. The number of likely N-dealkylation sites (tertiary alicyclic amines) is 1. The molecule has 0 bridgehead atoms. The monoisotopic (exact) mass is 343 g/mol. The second kappa shape index (κ2) is 6.14. The Morgan fingerprint density at radius 2 is 2.04 bits per heavy atom. The second-order valence-corrected chi connectivity index (χ2v) is 7.93. The molecule has 1 N–H and O–H groups in total. The highest BCUT2D eigenvalue weighted by Gasteiger charge is 2.31. The number of nitro groups is 1. The Balaban J connectivity index is 1.70. The molecule has 1 aliphatic carbocycles. The summed E-state index contributed by atoms with van der Waals surface area (Å²) in [4.78, 5) is 11.7. The molecule has 0 spiro atoms. The maximum Gasteiger partial charge on any atom is 0.273 e. The van der Waals surface area contributed by atoms with Crippen molar-refractivity contribution >= 4 is 15.7 Å². The lowest BCUT2D eigenvalue weighted by Gasteiger charge is -2.16. The first-order chi connectivity index (χ1) is 10.8. The Labute approximate surface area is 133 Å². The SMILES string of the molecule is O=[N+]([O-])c1cc(F)cc(S(=O)(=O)N[C@@H]2CCN(CC3CC3)C2)c1. The number of nitrogens with zero attached hydrogens (tertiary/aromatic N) is 2. The van der Waals surface area contributed by atoms with Gasteiger partial charge in [-0.25, -0.2) is 17.5 Å². The number of non-ortho nitro benzene ring substituents is 1. The van der Waals surface area contributed by atoms with Gasteiger partial charge in [0.25, 0.3) is 5.69 Å². The normalized spacial score (nSPS) is 22.4. The van der Waals surface area contributed by atoms with Crippen LogP contribution in [0.3, 0.4) is 0 Å². The predicted octanol–water partition coefficient (Wildman–Crippen LogP) is 1.50. The van der Waals surface area contributed by atoms with E-state index in [1.54, 1.807) is 0 Å². The lowest BCUT2D eigenvalue weighted by molar-refractivity contribution is -0.385. The van der Waals surface area contributed by atoms with Gasteiger partial charge in [0.05, 0.1) is 15.9 Å². The molecule has 0 amide bonds. The zero-order chi connectivity index (χ0) is 16.6. The summed E-state index contributed by atoms with van der Waals surface area (Å²) in [5.74, 6) is -0.211.